The number of aryl methyl sites for hydroxylation is 3. The van der Waals surface area contributed by atoms with Gasteiger partial charge in [-0.15, -0.1) is 0 Å². The molecule has 0 aliphatic heterocycles. The lowest BCUT2D eigenvalue weighted by atomic mass is 9.93. The Bertz CT molecular complexity index is 1540. The van der Waals surface area contributed by atoms with Crippen LogP contribution in [0.1, 0.15) is 65.1 Å². The predicted molar refractivity (Wildman–Crippen MR) is 174 cm³/mol. The summed E-state index contributed by atoms with van der Waals surface area (Å²) in [6.45, 7) is 4.48. The Hall–Kier alpha value is -4.23. The van der Waals surface area contributed by atoms with E-state index in [4.69, 9.17) is 0 Å². The zero-order valence-corrected chi connectivity index (χ0v) is 24.2. The summed E-state index contributed by atoms with van der Waals surface area (Å²) in [5, 5.41) is 0. The Kier molecular flexibility index (Phi) is 9.60. The Balaban J connectivity index is 1.16. The molecule has 0 spiro atoms. The predicted octanol–water partition coefficient (Wildman–Crippen LogP) is 10.7. The molecule has 0 bridgehead atoms. The van der Waals surface area contributed by atoms with Crippen LogP contribution in [0, 0.1) is 5.82 Å². The summed E-state index contributed by atoms with van der Waals surface area (Å²) in [6.07, 6.45) is 8.91. The summed E-state index contributed by atoms with van der Waals surface area (Å²) < 4.78 is 14.9. The second kappa shape index (κ2) is 13.9. The minimum absolute atomic E-state index is 0.171. The van der Waals surface area contributed by atoms with Gasteiger partial charge in [0.2, 0.25) is 0 Å². The lowest BCUT2D eigenvalue weighted by Crippen LogP contribution is -1.98. The van der Waals surface area contributed by atoms with Crippen molar-refractivity contribution in [2.75, 3.05) is 0 Å². The van der Waals surface area contributed by atoms with Crippen molar-refractivity contribution in [3.63, 3.8) is 0 Å². The largest absolute Gasteiger partial charge is 0.206 e. The molecule has 0 heterocycles. The number of hydrogen-bond donors (Lipinski definition) is 0. The Morgan fingerprint density at radius 3 is 1.78 bits per heavy atom. The molecule has 0 aliphatic carbocycles. The van der Waals surface area contributed by atoms with E-state index in [1.165, 1.54) is 33.4 Å². The molecule has 0 aliphatic rings. The fourth-order valence-electron chi connectivity index (χ4n) is 5.37. The van der Waals surface area contributed by atoms with Gasteiger partial charge in [0.1, 0.15) is 5.82 Å². The van der Waals surface area contributed by atoms with Crippen LogP contribution in [-0.2, 0) is 25.7 Å². The summed E-state index contributed by atoms with van der Waals surface area (Å²) in [5.74, 6) is 0.317. The van der Waals surface area contributed by atoms with Crippen molar-refractivity contribution in [3.05, 3.63) is 166 Å². The highest BCUT2D eigenvalue weighted by atomic mass is 19.1. The first kappa shape index (κ1) is 28.3. The average Bonchev–Trinajstić information content (AvgIpc) is 3.01. The molecule has 0 saturated carbocycles. The smallest absolute Gasteiger partial charge is 0.130 e. The molecule has 0 saturated heterocycles. The molecular weight excluding hydrogens is 499 g/mol. The third-order valence-corrected chi connectivity index (χ3v) is 7.89. The highest BCUT2D eigenvalue weighted by Gasteiger charge is 2.07. The molecule has 0 nitrogen and oxygen atoms in total. The second-order valence-electron chi connectivity index (χ2n) is 11.1. The van der Waals surface area contributed by atoms with Gasteiger partial charge in [-0.05, 0) is 82.2 Å². The summed E-state index contributed by atoms with van der Waals surface area (Å²) in [5.41, 5.74) is 10.5. The van der Waals surface area contributed by atoms with E-state index < -0.39 is 0 Å². The van der Waals surface area contributed by atoms with Crippen molar-refractivity contribution < 1.29 is 4.39 Å². The normalized spacial score (nSPS) is 12.1. The van der Waals surface area contributed by atoms with Crippen LogP contribution in [0.25, 0.3) is 23.3 Å². The lowest BCUT2D eigenvalue weighted by Gasteiger charge is -2.12. The monoisotopic (exact) mass is 538 g/mol. The standard InChI is InChI=1S/C40H39F/c1-3-7-31-10-12-32(13-11-31)14-15-35-21-27-39(40(41)29-35)26-18-33-16-22-37(23-17-33)38-24-19-34(20-25-38)28-30(2)36-8-5-4-6-9-36/h4-6,8-13,16-27,29-30H,3,7,14-15,28H2,1-2H3/b26-18+. The topological polar surface area (TPSA) is 0 Å². The first-order valence-corrected chi connectivity index (χ1v) is 14.9. The van der Waals surface area contributed by atoms with Gasteiger partial charge in [0.05, 0.1) is 0 Å². The summed E-state index contributed by atoms with van der Waals surface area (Å²) in [4.78, 5) is 0. The Labute approximate surface area is 245 Å². The maximum Gasteiger partial charge on any atom is 0.130 e. The van der Waals surface area contributed by atoms with Crippen LogP contribution in [0.4, 0.5) is 4.39 Å². The highest BCUT2D eigenvalue weighted by Crippen LogP contribution is 2.25. The molecule has 5 rings (SSSR count). The molecule has 0 amide bonds. The van der Waals surface area contributed by atoms with E-state index in [9.17, 15) is 4.39 Å². The maximum absolute atomic E-state index is 14.9. The minimum Gasteiger partial charge on any atom is -0.206 e. The zero-order valence-electron chi connectivity index (χ0n) is 24.2. The molecule has 0 fully saturated rings. The molecule has 5 aromatic rings. The van der Waals surface area contributed by atoms with Crippen molar-refractivity contribution >= 4 is 12.2 Å². The van der Waals surface area contributed by atoms with Gasteiger partial charge in [-0.2, -0.15) is 0 Å². The van der Waals surface area contributed by atoms with Crippen molar-refractivity contribution in [1.82, 2.24) is 0 Å². The summed E-state index contributed by atoms with van der Waals surface area (Å²) in [7, 11) is 0. The van der Waals surface area contributed by atoms with Gasteiger partial charge in [0.25, 0.3) is 0 Å². The van der Waals surface area contributed by atoms with E-state index in [1.54, 1.807) is 6.07 Å². The molecule has 0 aromatic heterocycles. The van der Waals surface area contributed by atoms with Crippen molar-refractivity contribution in [2.24, 2.45) is 0 Å². The first-order valence-electron chi connectivity index (χ1n) is 14.9. The number of hydrogen-bond acceptors (Lipinski definition) is 0. The molecule has 1 heteroatoms. The fraction of sp³-hybridized carbons (Fsp3) is 0.200. The van der Waals surface area contributed by atoms with E-state index in [0.717, 1.165) is 43.2 Å². The second-order valence-corrected chi connectivity index (χ2v) is 11.1. The first-order chi connectivity index (χ1) is 20.1. The number of benzene rings is 5. The van der Waals surface area contributed by atoms with E-state index in [0.29, 0.717) is 11.5 Å². The van der Waals surface area contributed by atoms with Crippen LogP contribution in [-0.4, -0.2) is 0 Å². The van der Waals surface area contributed by atoms with Crippen LogP contribution >= 0.6 is 0 Å². The molecule has 5 aromatic carbocycles. The minimum atomic E-state index is -0.171. The summed E-state index contributed by atoms with van der Waals surface area (Å²) >= 11 is 0. The molecule has 0 N–H and O–H groups in total. The van der Waals surface area contributed by atoms with Gasteiger partial charge in [-0.1, -0.05) is 148 Å². The van der Waals surface area contributed by atoms with Gasteiger partial charge < -0.3 is 0 Å². The average molecular weight is 539 g/mol. The highest BCUT2D eigenvalue weighted by molar-refractivity contribution is 5.72. The summed E-state index contributed by atoms with van der Waals surface area (Å²) in [6, 6.07) is 42.5. The number of rotatable bonds is 11. The van der Waals surface area contributed by atoms with Gasteiger partial charge in [0, 0.05) is 5.56 Å². The van der Waals surface area contributed by atoms with Crippen molar-refractivity contribution in [1.29, 1.82) is 0 Å². The van der Waals surface area contributed by atoms with E-state index in [2.05, 4.69) is 117 Å². The van der Waals surface area contributed by atoms with E-state index in [1.807, 2.05) is 24.3 Å². The molecule has 41 heavy (non-hydrogen) atoms. The van der Waals surface area contributed by atoms with Gasteiger partial charge in [-0.25, -0.2) is 4.39 Å². The SMILES string of the molecule is CCCc1ccc(CCc2ccc(/C=C/c3ccc(-c4ccc(CC(C)c5ccccc5)cc4)cc3)c(F)c2)cc1. The third-order valence-electron chi connectivity index (χ3n) is 7.89. The van der Waals surface area contributed by atoms with Crippen LogP contribution < -0.4 is 0 Å². The van der Waals surface area contributed by atoms with Gasteiger partial charge in [-0.3, -0.25) is 0 Å². The molecule has 1 unspecified atom stereocenters. The van der Waals surface area contributed by atoms with Gasteiger partial charge in [0.15, 0.2) is 0 Å². The fourth-order valence-corrected chi connectivity index (χ4v) is 5.37. The number of halogens is 1. The van der Waals surface area contributed by atoms with E-state index in [-0.39, 0.29) is 5.82 Å². The molecule has 1 atom stereocenters. The molecular formula is C40H39F. The van der Waals surface area contributed by atoms with Crippen LogP contribution in [0.2, 0.25) is 0 Å². The Morgan fingerprint density at radius 2 is 1.15 bits per heavy atom. The van der Waals surface area contributed by atoms with Crippen LogP contribution in [0.5, 0.6) is 0 Å². The molecule has 206 valence electrons. The van der Waals surface area contributed by atoms with Gasteiger partial charge >= 0.3 is 0 Å². The Morgan fingerprint density at radius 1 is 0.585 bits per heavy atom. The van der Waals surface area contributed by atoms with Crippen LogP contribution in [0.3, 0.4) is 0 Å². The third kappa shape index (κ3) is 7.92. The molecule has 0 radical (unpaired) electrons. The van der Waals surface area contributed by atoms with Crippen molar-refractivity contribution in [2.45, 2.75) is 51.9 Å². The van der Waals surface area contributed by atoms with Crippen molar-refractivity contribution in [3.8, 4) is 11.1 Å². The van der Waals surface area contributed by atoms with E-state index >= 15 is 0 Å². The lowest BCUT2D eigenvalue weighted by molar-refractivity contribution is 0.622. The van der Waals surface area contributed by atoms with Crippen LogP contribution in [0.15, 0.2) is 121 Å². The zero-order chi connectivity index (χ0) is 28.4. The quantitative estimate of drug-likeness (QED) is 0.147. The maximum atomic E-state index is 14.9.